The Morgan fingerprint density at radius 3 is 2.36 bits per heavy atom. The van der Waals surface area contributed by atoms with Crippen molar-refractivity contribution in [3.63, 3.8) is 0 Å². The van der Waals surface area contributed by atoms with Crippen molar-refractivity contribution >= 4 is 17.9 Å². The fraction of sp³-hybridized carbons (Fsp3) is 0.130. The van der Waals surface area contributed by atoms with Crippen LogP contribution in [-0.4, -0.2) is 11.8 Å². The Morgan fingerprint density at radius 2 is 1.68 bits per heavy atom. The van der Waals surface area contributed by atoms with Gasteiger partial charge in [-0.1, -0.05) is 48.5 Å². The molecule has 0 fully saturated rings. The van der Waals surface area contributed by atoms with Crippen LogP contribution in [0, 0.1) is 6.92 Å². The van der Waals surface area contributed by atoms with E-state index in [1.807, 2.05) is 56.3 Å². The standard InChI is InChI=1S/C23H22N2O3/c1-16-9-6-7-13-20(16)22(26)25-21(15-19-12-8-14-28-19)23(27)24-17(2)18-10-4-3-5-11-18/h3-15,17H,1-2H3,(H,24,27)(H,25,26)/b21-15-/t17-/m0/s1. The van der Waals surface area contributed by atoms with Crippen molar-refractivity contribution in [3.8, 4) is 0 Å². The first kappa shape index (κ1) is 19.2. The lowest BCUT2D eigenvalue weighted by molar-refractivity contribution is -0.118. The zero-order chi connectivity index (χ0) is 19.9. The van der Waals surface area contributed by atoms with E-state index in [4.69, 9.17) is 4.42 Å². The Hall–Kier alpha value is -3.60. The molecule has 0 spiro atoms. The van der Waals surface area contributed by atoms with Crippen molar-refractivity contribution in [2.45, 2.75) is 19.9 Å². The molecule has 0 radical (unpaired) electrons. The molecule has 5 heteroatoms. The molecule has 1 aromatic heterocycles. The third-order valence-electron chi connectivity index (χ3n) is 4.36. The van der Waals surface area contributed by atoms with Crippen LogP contribution in [0.5, 0.6) is 0 Å². The fourth-order valence-corrected chi connectivity index (χ4v) is 2.79. The number of amides is 2. The highest BCUT2D eigenvalue weighted by molar-refractivity contribution is 6.05. The summed E-state index contributed by atoms with van der Waals surface area (Å²) >= 11 is 0. The molecule has 2 amide bonds. The number of hydrogen-bond donors (Lipinski definition) is 2. The van der Waals surface area contributed by atoms with Crippen LogP contribution in [-0.2, 0) is 4.79 Å². The van der Waals surface area contributed by atoms with Gasteiger partial charge in [-0.2, -0.15) is 0 Å². The van der Waals surface area contributed by atoms with E-state index in [-0.39, 0.29) is 17.6 Å². The number of benzene rings is 2. The summed E-state index contributed by atoms with van der Waals surface area (Å²) in [5, 5.41) is 5.64. The van der Waals surface area contributed by atoms with Gasteiger partial charge in [0.15, 0.2) is 0 Å². The smallest absolute Gasteiger partial charge is 0.268 e. The van der Waals surface area contributed by atoms with Crippen LogP contribution in [0.3, 0.4) is 0 Å². The van der Waals surface area contributed by atoms with Crippen molar-refractivity contribution in [2.24, 2.45) is 0 Å². The van der Waals surface area contributed by atoms with E-state index in [0.29, 0.717) is 11.3 Å². The lowest BCUT2D eigenvalue weighted by Crippen LogP contribution is -2.36. The van der Waals surface area contributed by atoms with Crippen molar-refractivity contribution in [1.29, 1.82) is 0 Å². The van der Waals surface area contributed by atoms with Gasteiger partial charge in [0.05, 0.1) is 12.3 Å². The number of carbonyl (C=O) groups excluding carboxylic acids is 2. The summed E-state index contributed by atoms with van der Waals surface area (Å²) in [6, 6.07) is 20.1. The molecule has 3 rings (SSSR count). The van der Waals surface area contributed by atoms with Crippen molar-refractivity contribution in [2.75, 3.05) is 0 Å². The Bertz CT molecular complexity index is 976. The number of rotatable bonds is 6. The normalized spacial score (nSPS) is 12.3. The highest BCUT2D eigenvalue weighted by Gasteiger charge is 2.18. The molecule has 1 heterocycles. The average molecular weight is 374 g/mol. The molecule has 0 aliphatic rings. The molecule has 0 saturated heterocycles. The fourth-order valence-electron chi connectivity index (χ4n) is 2.79. The minimum Gasteiger partial charge on any atom is -0.465 e. The van der Waals surface area contributed by atoms with Crippen LogP contribution in [0.4, 0.5) is 0 Å². The van der Waals surface area contributed by atoms with E-state index >= 15 is 0 Å². The largest absolute Gasteiger partial charge is 0.465 e. The van der Waals surface area contributed by atoms with Gasteiger partial charge in [-0.3, -0.25) is 9.59 Å². The molecule has 28 heavy (non-hydrogen) atoms. The van der Waals surface area contributed by atoms with Gasteiger partial charge < -0.3 is 15.1 Å². The van der Waals surface area contributed by atoms with Gasteiger partial charge in [0, 0.05) is 11.6 Å². The van der Waals surface area contributed by atoms with E-state index in [0.717, 1.165) is 11.1 Å². The van der Waals surface area contributed by atoms with Crippen molar-refractivity contribution in [3.05, 3.63) is 101 Å². The molecule has 5 nitrogen and oxygen atoms in total. The first-order valence-corrected chi connectivity index (χ1v) is 9.02. The van der Waals surface area contributed by atoms with Gasteiger partial charge >= 0.3 is 0 Å². The van der Waals surface area contributed by atoms with Crippen LogP contribution >= 0.6 is 0 Å². The van der Waals surface area contributed by atoms with E-state index in [1.54, 1.807) is 24.3 Å². The summed E-state index contributed by atoms with van der Waals surface area (Å²) in [5.41, 5.74) is 2.43. The third kappa shape index (κ3) is 4.76. The molecule has 0 bridgehead atoms. The van der Waals surface area contributed by atoms with Crippen molar-refractivity contribution in [1.82, 2.24) is 10.6 Å². The summed E-state index contributed by atoms with van der Waals surface area (Å²) in [4.78, 5) is 25.6. The zero-order valence-electron chi connectivity index (χ0n) is 15.8. The molecule has 142 valence electrons. The molecule has 3 aromatic rings. The zero-order valence-corrected chi connectivity index (χ0v) is 15.8. The lowest BCUT2D eigenvalue weighted by Gasteiger charge is -2.17. The number of nitrogens with one attached hydrogen (secondary N) is 2. The third-order valence-corrected chi connectivity index (χ3v) is 4.36. The van der Waals surface area contributed by atoms with Crippen molar-refractivity contribution < 1.29 is 14.0 Å². The topological polar surface area (TPSA) is 71.3 Å². The highest BCUT2D eigenvalue weighted by Crippen LogP contribution is 2.14. The van der Waals surface area contributed by atoms with Crippen LogP contribution in [0.1, 0.15) is 40.2 Å². The number of furan rings is 1. The van der Waals surface area contributed by atoms with E-state index in [2.05, 4.69) is 10.6 Å². The summed E-state index contributed by atoms with van der Waals surface area (Å²) < 4.78 is 5.31. The van der Waals surface area contributed by atoms with E-state index in [9.17, 15) is 9.59 Å². The molecule has 0 aliphatic heterocycles. The Labute approximate surface area is 164 Å². The molecular formula is C23H22N2O3. The monoisotopic (exact) mass is 374 g/mol. The Kier molecular flexibility index (Phi) is 6.07. The van der Waals surface area contributed by atoms with E-state index in [1.165, 1.54) is 12.3 Å². The van der Waals surface area contributed by atoms with Crippen LogP contribution < -0.4 is 10.6 Å². The molecule has 1 atom stereocenters. The maximum absolute atomic E-state index is 12.9. The molecule has 0 aliphatic carbocycles. The second-order valence-corrected chi connectivity index (χ2v) is 6.45. The molecule has 2 N–H and O–H groups in total. The van der Waals surface area contributed by atoms with Crippen LogP contribution in [0.2, 0.25) is 0 Å². The van der Waals surface area contributed by atoms with Gasteiger partial charge in [0.25, 0.3) is 11.8 Å². The summed E-state index contributed by atoms with van der Waals surface area (Å²) in [5.74, 6) is -0.268. The minimum atomic E-state index is -0.394. The molecule has 2 aromatic carbocycles. The first-order chi connectivity index (χ1) is 13.5. The predicted molar refractivity (Wildman–Crippen MR) is 108 cm³/mol. The molecule has 0 unspecified atom stereocenters. The number of carbonyl (C=O) groups is 2. The average Bonchev–Trinajstić information content (AvgIpc) is 3.21. The maximum atomic E-state index is 12.9. The van der Waals surface area contributed by atoms with Gasteiger partial charge in [0.2, 0.25) is 0 Å². The lowest BCUT2D eigenvalue weighted by atomic mass is 10.1. The van der Waals surface area contributed by atoms with Gasteiger partial charge in [-0.15, -0.1) is 0 Å². The summed E-state index contributed by atoms with van der Waals surface area (Å²) in [6.45, 7) is 3.74. The Morgan fingerprint density at radius 1 is 0.964 bits per heavy atom. The molecule has 0 saturated carbocycles. The quantitative estimate of drug-likeness (QED) is 0.634. The van der Waals surface area contributed by atoms with Crippen LogP contribution in [0.15, 0.2) is 83.1 Å². The second kappa shape index (κ2) is 8.86. The number of hydrogen-bond acceptors (Lipinski definition) is 3. The Balaban J connectivity index is 1.82. The summed E-state index contributed by atoms with van der Waals surface area (Å²) in [7, 11) is 0. The second-order valence-electron chi connectivity index (χ2n) is 6.45. The van der Waals surface area contributed by atoms with Gasteiger partial charge in [-0.25, -0.2) is 0 Å². The SMILES string of the molecule is Cc1ccccc1C(=O)N/C(=C\c1ccco1)C(=O)N[C@@H](C)c1ccccc1. The number of aryl methyl sites for hydroxylation is 1. The van der Waals surface area contributed by atoms with Gasteiger partial charge in [0.1, 0.15) is 11.5 Å². The minimum absolute atomic E-state index is 0.117. The predicted octanol–water partition coefficient (Wildman–Crippen LogP) is 4.24. The molecular weight excluding hydrogens is 352 g/mol. The summed E-state index contributed by atoms with van der Waals surface area (Å²) in [6.07, 6.45) is 3.03. The maximum Gasteiger partial charge on any atom is 0.268 e. The van der Waals surface area contributed by atoms with Crippen LogP contribution in [0.25, 0.3) is 6.08 Å². The van der Waals surface area contributed by atoms with E-state index < -0.39 is 5.91 Å². The highest BCUT2D eigenvalue weighted by atomic mass is 16.3. The first-order valence-electron chi connectivity index (χ1n) is 9.02. The van der Waals surface area contributed by atoms with Gasteiger partial charge in [-0.05, 0) is 43.2 Å².